The van der Waals surface area contributed by atoms with Gasteiger partial charge in [0.15, 0.2) is 22.3 Å². The number of anilines is 1. The summed E-state index contributed by atoms with van der Waals surface area (Å²) in [7, 11) is 3.11. The van der Waals surface area contributed by atoms with E-state index in [1.165, 1.54) is 17.8 Å². The highest BCUT2D eigenvalue weighted by atomic mass is 32.2. The number of hydrogen-bond acceptors (Lipinski definition) is 7. The Morgan fingerprint density at radius 3 is 2.58 bits per heavy atom. The van der Waals surface area contributed by atoms with Crippen LogP contribution in [0.4, 0.5) is 10.1 Å². The van der Waals surface area contributed by atoms with Crippen LogP contribution in [0.25, 0.3) is 16.6 Å². The van der Waals surface area contributed by atoms with Crippen LogP contribution in [-0.2, 0) is 4.79 Å². The van der Waals surface area contributed by atoms with E-state index in [9.17, 15) is 9.18 Å². The number of carbonyl (C=O) groups excluding carboxylic acids is 1. The van der Waals surface area contributed by atoms with Crippen molar-refractivity contribution in [2.75, 3.05) is 25.3 Å². The maximum absolute atomic E-state index is 13.7. The number of rotatable bonds is 6. The molecule has 0 unspecified atom stereocenters. The third kappa shape index (κ3) is 4.11. The van der Waals surface area contributed by atoms with Crippen LogP contribution in [0.2, 0.25) is 0 Å². The molecule has 10 heteroatoms. The van der Waals surface area contributed by atoms with Gasteiger partial charge in [-0.3, -0.25) is 4.79 Å². The van der Waals surface area contributed by atoms with Gasteiger partial charge in [-0.1, -0.05) is 17.8 Å². The molecule has 0 saturated heterocycles. The van der Waals surface area contributed by atoms with Gasteiger partial charge in [-0.25, -0.2) is 14.4 Å². The van der Waals surface area contributed by atoms with Crippen LogP contribution >= 0.6 is 11.8 Å². The zero-order valence-electron chi connectivity index (χ0n) is 17.4. The third-order valence-electron chi connectivity index (χ3n) is 4.64. The molecule has 4 rings (SSSR count). The number of nitrogens with one attached hydrogen (secondary N) is 1. The van der Waals surface area contributed by atoms with Crippen molar-refractivity contribution in [3.63, 3.8) is 0 Å². The summed E-state index contributed by atoms with van der Waals surface area (Å²) in [4.78, 5) is 21.6. The second-order valence-electron chi connectivity index (χ2n) is 6.81. The fraction of sp³-hybridized carbons (Fsp3) is 0.238. The number of hydrogen-bond donors (Lipinski definition) is 1. The molecule has 2 aromatic heterocycles. The lowest BCUT2D eigenvalue weighted by molar-refractivity contribution is -0.113. The molecule has 1 amide bonds. The topological polar surface area (TPSA) is 90.6 Å². The maximum Gasteiger partial charge on any atom is 0.234 e. The second kappa shape index (κ2) is 8.38. The van der Waals surface area contributed by atoms with E-state index in [2.05, 4.69) is 20.4 Å². The summed E-state index contributed by atoms with van der Waals surface area (Å²) < 4.78 is 26.1. The summed E-state index contributed by atoms with van der Waals surface area (Å²) in [6, 6.07) is 8.14. The van der Waals surface area contributed by atoms with E-state index in [4.69, 9.17) is 9.47 Å². The molecule has 0 radical (unpaired) electrons. The number of methoxy groups -OCH3 is 2. The summed E-state index contributed by atoms with van der Waals surface area (Å²) in [5.74, 6) is 1.08. The Morgan fingerprint density at radius 2 is 1.87 bits per heavy atom. The molecule has 160 valence electrons. The SMILES string of the molecule is COc1cc2nc(SCC(=O)Nc3ccc(C)c(F)c3)n3nc(C)nc3c2cc1OC. The number of nitrogens with zero attached hydrogens (tertiary/aromatic N) is 4. The van der Waals surface area contributed by atoms with Crippen molar-refractivity contribution in [3.8, 4) is 11.5 Å². The maximum atomic E-state index is 13.7. The number of halogens is 1. The summed E-state index contributed by atoms with van der Waals surface area (Å²) in [6.07, 6.45) is 0. The predicted octanol–water partition coefficient (Wildman–Crippen LogP) is 3.78. The molecule has 0 spiro atoms. The average Bonchev–Trinajstić information content (AvgIpc) is 3.15. The van der Waals surface area contributed by atoms with Gasteiger partial charge in [0.1, 0.15) is 11.6 Å². The van der Waals surface area contributed by atoms with Gasteiger partial charge in [-0.05, 0) is 37.6 Å². The lowest BCUT2D eigenvalue weighted by atomic mass is 10.2. The number of ether oxygens (including phenoxy) is 2. The standard InChI is InChI=1S/C21H20FN5O3S/c1-11-5-6-13(7-15(11)22)24-19(28)10-31-21-25-16-9-18(30-4)17(29-3)8-14(16)20-23-12(2)26-27(20)21/h5-9H,10H2,1-4H3,(H,24,28). The number of aryl methyl sites for hydroxylation is 2. The molecule has 1 N–H and O–H groups in total. The zero-order chi connectivity index (χ0) is 22.1. The van der Waals surface area contributed by atoms with E-state index in [-0.39, 0.29) is 17.5 Å². The minimum atomic E-state index is -0.370. The molecule has 0 fully saturated rings. The molecule has 0 saturated carbocycles. The van der Waals surface area contributed by atoms with E-state index in [1.54, 1.807) is 56.8 Å². The van der Waals surface area contributed by atoms with Crippen molar-refractivity contribution in [3.05, 3.63) is 47.5 Å². The summed E-state index contributed by atoms with van der Waals surface area (Å²) >= 11 is 1.21. The first-order chi connectivity index (χ1) is 14.9. The molecule has 0 bridgehead atoms. The molecule has 2 aromatic carbocycles. The number of carbonyl (C=O) groups is 1. The molecule has 0 atom stereocenters. The van der Waals surface area contributed by atoms with E-state index < -0.39 is 0 Å². The highest BCUT2D eigenvalue weighted by Crippen LogP contribution is 2.34. The Morgan fingerprint density at radius 1 is 1.13 bits per heavy atom. The Hall–Kier alpha value is -3.40. The molecular weight excluding hydrogens is 421 g/mol. The van der Waals surface area contributed by atoms with E-state index >= 15 is 0 Å². The van der Waals surface area contributed by atoms with Gasteiger partial charge < -0.3 is 14.8 Å². The largest absolute Gasteiger partial charge is 0.493 e. The van der Waals surface area contributed by atoms with Gasteiger partial charge >= 0.3 is 0 Å². The predicted molar refractivity (Wildman–Crippen MR) is 117 cm³/mol. The highest BCUT2D eigenvalue weighted by Gasteiger charge is 2.17. The Bertz CT molecular complexity index is 1310. The van der Waals surface area contributed by atoms with E-state index in [1.807, 2.05) is 0 Å². The second-order valence-corrected chi connectivity index (χ2v) is 7.76. The molecule has 8 nitrogen and oxygen atoms in total. The van der Waals surface area contributed by atoms with E-state index in [0.29, 0.717) is 44.9 Å². The molecule has 0 aliphatic rings. The van der Waals surface area contributed by atoms with Gasteiger partial charge in [0.2, 0.25) is 5.91 Å². The molecular formula is C21H20FN5O3S. The molecule has 0 aliphatic carbocycles. The quantitative estimate of drug-likeness (QED) is 0.360. The summed E-state index contributed by atoms with van der Waals surface area (Å²) in [5.41, 5.74) is 2.16. The average molecular weight is 441 g/mol. The van der Waals surface area contributed by atoms with Crippen molar-refractivity contribution < 1.29 is 18.7 Å². The van der Waals surface area contributed by atoms with Gasteiger partial charge in [0.25, 0.3) is 0 Å². The first-order valence-electron chi connectivity index (χ1n) is 9.37. The number of amides is 1. The third-order valence-corrected chi connectivity index (χ3v) is 5.57. The van der Waals surface area contributed by atoms with Crippen molar-refractivity contribution in [1.82, 2.24) is 19.6 Å². The van der Waals surface area contributed by atoms with E-state index in [0.717, 1.165) is 5.39 Å². The number of benzene rings is 2. The highest BCUT2D eigenvalue weighted by molar-refractivity contribution is 7.99. The first kappa shape index (κ1) is 20.9. The smallest absolute Gasteiger partial charge is 0.234 e. The van der Waals surface area contributed by atoms with Crippen LogP contribution in [0.15, 0.2) is 35.5 Å². The number of thioether (sulfide) groups is 1. The van der Waals surface area contributed by atoms with Crippen LogP contribution in [0.5, 0.6) is 11.5 Å². The Kier molecular flexibility index (Phi) is 5.64. The van der Waals surface area contributed by atoms with Crippen LogP contribution < -0.4 is 14.8 Å². The number of fused-ring (bicyclic) bond motifs is 3. The Labute approximate surface area is 181 Å². The van der Waals surface area contributed by atoms with Crippen LogP contribution in [0, 0.1) is 19.7 Å². The zero-order valence-corrected chi connectivity index (χ0v) is 18.2. The fourth-order valence-corrected chi connectivity index (χ4v) is 3.85. The van der Waals surface area contributed by atoms with Crippen molar-refractivity contribution >= 4 is 39.9 Å². The van der Waals surface area contributed by atoms with Crippen molar-refractivity contribution in [2.24, 2.45) is 0 Å². The van der Waals surface area contributed by atoms with Crippen molar-refractivity contribution in [2.45, 2.75) is 19.0 Å². The molecule has 31 heavy (non-hydrogen) atoms. The monoisotopic (exact) mass is 441 g/mol. The first-order valence-corrected chi connectivity index (χ1v) is 10.4. The van der Waals surface area contributed by atoms with Gasteiger partial charge in [-0.15, -0.1) is 5.10 Å². The molecule has 2 heterocycles. The Balaban J connectivity index is 1.64. The summed E-state index contributed by atoms with van der Waals surface area (Å²) in [6.45, 7) is 3.45. The lowest BCUT2D eigenvalue weighted by Crippen LogP contribution is -2.15. The van der Waals surface area contributed by atoms with Crippen molar-refractivity contribution in [1.29, 1.82) is 0 Å². The normalized spacial score (nSPS) is 11.1. The van der Waals surface area contributed by atoms with Gasteiger partial charge in [-0.2, -0.15) is 4.52 Å². The molecule has 0 aliphatic heterocycles. The van der Waals surface area contributed by atoms with Crippen LogP contribution in [-0.4, -0.2) is 45.5 Å². The van der Waals surface area contributed by atoms with Crippen LogP contribution in [0.1, 0.15) is 11.4 Å². The fourth-order valence-electron chi connectivity index (χ4n) is 3.10. The number of aromatic nitrogens is 4. The summed E-state index contributed by atoms with van der Waals surface area (Å²) in [5, 5.41) is 8.36. The van der Waals surface area contributed by atoms with Crippen LogP contribution in [0.3, 0.4) is 0 Å². The van der Waals surface area contributed by atoms with Gasteiger partial charge in [0.05, 0.1) is 25.5 Å². The molecule has 4 aromatic rings. The minimum absolute atomic E-state index is 0.0648. The lowest BCUT2D eigenvalue weighted by Gasteiger charge is -2.11. The van der Waals surface area contributed by atoms with Gasteiger partial charge in [0, 0.05) is 17.1 Å². The minimum Gasteiger partial charge on any atom is -0.493 e.